The average Bonchev–Trinajstić information content (AvgIpc) is 4.14. The number of rotatable bonds is 1. The van der Waals surface area contributed by atoms with Gasteiger partial charge < -0.3 is 13.7 Å². The van der Waals surface area contributed by atoms with E-state index in [1.807, 2.05) is 0 Å². The Morgan fingerprint density at radius 3 is 1.49 bits per heavy atom. The van der Waals surface area contributed by atoms with Gasteiger partial charge in [0, 0.05) is 54.9 Å². The fourth-order valence-corrected chi connectivity index (χ4v) is 20.6. The Hall–Kier alpha value is -7.34. The van der Waals surface area contributed by atoms with E-state index in [-0.39, 0.29) is 28.4 Å². The Morgan fingerprint density at radius 2 is 0.880 bits per heavy atom. The highest BCUT2D eigenvalue weighted by Crippen LogP contribution is 2.48. The van der Waals surface area contributed by atoms with Crippen molar-refractivity contribution < 1.29 is 0 Å². The number of hydrogen-bond donors (Lipinski definition) is 0. The summed E-state index contributed by atoms with van der Waals surface area (Å²) in [7, 11) is -3.16. The van der Waals surface area contributed by atoms with Gasteiger partial charge in [0.15, 0.2) is 8.07 Å². The number of para-hydroxylation sites is 3. The Morgan fingerprint density at radius 1 is 0.360 bits per heavy atom. The molecular formula is C70H62BN3Si. The quantitative estimate of drug-likeness (QED) is 0.146. The molecule has 9 aromatic carbocycles. The molecule has 16 rings (SSSR count). The van der Waals surface area contributed by atoms with E-state index in [1.54, 1.807) is 15.6 Å². The van der Waals surface area contributed by atoms with Crippen LogP contribution in [0.15, 0.2) is 158 Å². The van der Waals surface area contributed by atoms with Crippen LogP contribution in [-0.4, -0.2) is 28.5 Å². The summed E-state index contributed by atoms with van der Waals surface area (Å²) >= 11 is 0. The van der Waals surface area contributed by atoms with Crippen molar-refractivity contribution >= 4 is 117 Å². The van der Waals surface area contributed by atoms with E-state index in [2.05, 4.69) is 255 Å². The van der Waals surface area contributed by atoms with Crippen LogP contribution >= 0.6 is 0 Å². The SMILES string of the molecule is CC(C)(C)c1ccc2c(c1)[Si]1(c3cc(C(C)(C)C)ccc3-2)c2ccc3c4c2-n2c5c(cc(C(C)(C)C)cc5c5cc(C(C)(C)C)cc1c52)B4c1cc2c(c4ccccc4n2-c2ccccc2)c2c4ccccc4n-3c12. The molecule has 0 unspecified atom stereocenters. The average molecular weight is 984 g/mol. The van der Waals surface area contributed by atoms with Crippen molar-refractivity contribution in [3.8, 4) is 28.2 Å². The number of hydrogen-bond acceptors (Lipinski definition) is 0. The molecule has 1 spiro atoms. The Labute approximate surface area is 441 Å². The number of aromatic nitrogens is 3. The Balaban J connectivity index is 1.18. The summed E-state index contributed by atoms with van der Waals surface area (Å²) in [5.74, 6) is 0. The van der Waals surface area contributed by atoms with Gasteiger partial charge in [0.2, 0.25) is 0 Å². The minimum Gasteiger partial charge on any atom is -0.310 e. The highest BCUT2D eigenvalue weighted by molar-refractivity contribution is 7.24. The second-order valence-corrected chi connectivity index (χ2v) is 30.6. The third kappa shape index (κ3) is 5.28. The van der Waals surface area contributed by atoms with Crippen molar-refractivity contribution in [2.45, 2.75) is 105 Å². The van der Waals surface area contributed by atoms with Crippen LogP contribution in [-0.2, 0) is 21.7 Å². The fourth-order valence-electron chi connectivity index (χ4n) is 14.9. The second-order valence-electron chi connectivity index (χ2n) is 26.9. The number of benzene rings is 9. The molecule has 5 heteroatoms. The largest absolute Gasteiger partial charge is 0.310 e. The van der Waals surface area contributed by atoms with Gasteiger partial charge in [-0.2, -0.15) is 0 Å². The smallest absolute Gasteiger partial charge is 0.252 e. The summed E-state index contributed by atoms with van der Waals surface area (Å²) in [6, 6.07) is 63.3. The van der Waals surface area contributed by atoms with E-state index in [4.69, 9.17) is 0 Å². The predicted octanol–water partition coefficient (Wildman–Crippen LogP) is 13.0. The molecule has 4 aliphatic heterocycles. The molecule has 0 fully saturated rings. The molecule has 7 heterocycles. The van der Waals surface area contributed by atoms with Gasteiger partial charge in [-0.3, -0.25) is 0 Å². The summed E-state index contributed by atoms with van der Waals surface area (Å²) in [5, 5.41) is 14.3. The van der Waals surface area contributed by atoms with Crippen molar-refractivity contribution in [1.29, 1.82) is 0 Å². The molecule has 3 nitrogen and oxygen atoms in total. The lowest BCUT2D eigenvalue weighted by atomic mass is 9.34. The molecule has 0 saturated carbocycles. The lowest BCUT2D eigenvalue weighted by Crippen LogP contribution is -2.77. The minimum atomic E-state index is -3.16. The second kappa shape index (κ2) is 13.7. The molecule has 0 radical (unpaired) electrons. The van der Waals surface area contributed by atoms with Crippen LogP contribution in [0.4, 0.5) is 0 Å². The fraction of sp³-hybridized carbons (Fsp3) is 0.229. The van der Waals surface area contributed by atoms with Gasteiger partial charge in [-0.05, 0) is 141 Å². The number of nitrogens with zero attached hydrogens (tertiary/aromatic N) is 3. The van der Waals surface area contributed by atoms with Gasteiger partial charge in [-0.1, -0.05) is 192 Å². The molecule has 0 amide bonds. The van der Waals surface area contributed by atoms with Crippen LogP contribution in [0, 0.1) is 0 Å². The first-order valence-electron chi connectivity index (χ1n) is 27.5. The predicted molar refractivity (Wildman–Crippen MR) is 325 cm³/mol. The van der Waals surface area contributed by atoms with Crippen LogP contribution in [0.25, 0.3) is 93.6 Å². The summed E-state index contributed by atoms with van der Waals surface area (Å²) in [6.07, 6.45) is 0. The molecule has 0 bridgehead atoms. The number of fused-ring (bicyclic) bond motifs is 18. The van der Waals surface area contributed by atoms with Crippen molar-refractivity contribution in [1.82, 2.24) is 13.7 Å². The van der Waals surface area contributed by atoms with E-state index in [0.717, 1.165) is 0 Å². The van der Waals surface area contributed by atoms with Crippen LogP contribution in [0.1, 0.15) is 105 Å². The maximum absolute atomic E-state index is 3.16. The summed E-state index contributed by atoms with van der Waals surface area (Å²) in [5.41, 5.74) is 24.3. The third-order valence-corrected chi connectivity index (χ3v) is 23.4. The molecule has 4 aliphatic rings. The first-order valence-corrected chi connectivity index (χ1v) is 29.5. The standard InChI is InChI=1S/C70H62BN3Si/c1-67(2,3)39-26-28-44-45-29-27-40(68(4,5)6)36-58(45)75(57(44)35-39)56-31-30-54-62-66(56)74-63-48(49-33-42(70(10,11)12)37-59(75)64(49)74)32-41(69(7,8)9)34-50(63)71(62)51-38-55-60(61-47-23-17-19-25-53(47)73(54)65(51)61)46-22-16-18-24-52(46)72(55)43-20-14-13-15-21-43/h13-38H,1-12H3. The van der Waals surface area contributed by atoms with E-state index < -0.39 is 8.07 Å². The maximum atomic E-state index is 2.84. The third-order valence-electron chi connectivity index (χ3n) is 18.6. The molecule has 0 atom stereocenters. The molecular weight excluding hydrogens is 922 g/mol. The Bertz CT molecular complexity index is 4560. The van der Waals surface area contributed by atoms with Gasteiger partial charge >= 0.3 is 0 Å². The van der Waals surface area contributed by atoms with E-state index >= 15 is 0 Å². The highest BCUT2D eigenvalue weighted by Gasteiger charge is 2.57. The minimum absolute atomic E-state index is 0.0284. The van der Waals surface area contributed by atoms with Crippen molar-refractivity contribution in [3.63, 3.8) is 0 Å². The molecule has 364 valence electrons. The van der Waals surface area contributed by atoms with Crippen LogP contribution < -0.4 is 37.1 Å². The van der Waals surface area contributed by atoms with Gasteiger partial charge in [-0.25, -0.2) is 0 Å². The lowest BCUT2D eigenvalue weighted by Gasteiger charge is -2.43. The zero-order valence-electron chi connectivity index (χ0n) is 45.4. The van der Waals surface area contributed by atoms with Gasteiger partial charge in [0.25, 0.3) is 6.71 Å². The van der Waals surface area contributed by atoms with Crippen molar-refractivity contribution in [3.05, 3.63) is 180 Å². The highest BCUT2D eigenvalue weighted by atomic mass is 28.3. The van der Waals surface area contributed by atoms with Crippen molar-refractivity contribution in [2.24, 2.45) is 0 Å². The zero-order chi connectivity index (χ0) is 51.4. The first-order chi connectivity index (χ1) is 35.8. The van der Waals surface area contributed by atoms with Crippen LogP contribution in [0.2, 0.25) is 0 Å². The van der Waals surface area contributed by atoms with E-state index in [9.17, 15) is 0 Å². The van der Waals surface area contributed by atoms with Crippen LogP contribution in [0.5, 0.6) is 0 Å². The van der Waals surface area contributed by atoms with Gasteiger partial charge in [0.1, 0.15) is 0 Å². The Kier molecular flexibility index (Phi) is 8.06. The van der Waals surface area contributed by atoms with E-state index in [1.165, 1.54) is 137 Å². The summed E-state index contributed by atoms with van der Waals surface area (Å²) in [6.45, 7) is 28.9. The monoisotopic (exact) mass is 983 g/mol. The summed E-state index contributed by atoms with van der Waals surface area (Å²) in [4.78, 5) is 0. The molecule has 0 saturated heterocycles. The van der Waals surface area contributed by atoms with Crippen LogP contribution in [0.3, 0.4) is 0 Å². The van der Waals surface area contributed by atoms with Gasteiger partial charge in [-0.15, -0.1) is 0 Å². The normalized spacial score (nSPS) is 15.0. The molecule has 75 heavy (non-hydrogen) atoms. The molecule has 12 aromatic rings. The van der Waals surface area contributed by atoms with E-state index in [0.29, 0.717) is 0 Å². The maximum Gasteiger partial charge on any atom is 0.252 e. The lowest BCUT2D eigenvalue weighted by molar-refractivity contribution is 0.590. The van der Waals surface area contributed by atoms with Gasteiger partial charge in [0.05, 0.1) is 27.6 Å². The molecule has 0 aliphatic carbocycles. The van der Waals surface area contributed by atoms with Crippen molar-refractivity contribution in [2.75, 3.05) is 0 Å². The zero-order valence-corrected chi connectivity index (χ0v) is 46.4. The summed E-state index contributed by atoms with van der Waals surface area (Å²) < 4.78 is 8.09. The topological polar surface area (TPSA) is 14.8 Å². The molecule has 3 aromatic heterocycles. The first kappa shape index (κ1) is 44.0. The molecule has 0 N–H and O–H groups in total.